The van der Waals surface area contributed by atoms with Gasteiger partial charge in [0.25, 0.3) is 5.91 Å². The minimum Gasteiger partial charge on any atom is -0.298 e. The van der Waals surface area contributed by atoms with E-state index in [-0.39, 0.29) is 5.91 Å². The maximum atomic E-state index is 12.3. The molecule has 1 aromatic heterocycles. The van der Waals surface area contributed by atoms with E-state index in [1.807, 2.05) is 31.2 Å². The highest BCUT2D eigenvalue weighted by Gasteiger charge is 2.12. The lowest BCUT2D eigenvalue weighted by Crippen LogP contribution is -2.14. The monoisotopic (exact) mass is 309 g/mol. The molecular weight excluding hydrogens is 294 g/mol. The van der Waals surface area contributed by atoms with Crippen molar-refractivity contribution in [3.05, 3.63) is 46.5 Å². The molecule has 0 aliphatic heterocycles. The summed E-state index contributed by atoms with van der Waals surface area (Å²) in [4.78, 5) is 20.1. The number of hydrogen-bond acceptors (Lipinski definition) is 4. The Balaban J connectivity index is 2.08. The molecule has 0 unspecified atom stereocenters. The number of nitrogens with one attached hydrogen (secondary N) is 2. The highest BCUT2D eigenvalue weighted by Crippen LogP contribution is 2.19. The number of carbonyl (C=O) groups excluding carboxylic acids is 1. The van der Waals surface area contributed by atoms with Gasteiger partial charge in [-0.25, -0.2) is 9.82 Å². The zero-order valence-electron chi connectivity index (χ0n) is 11.1. The molecule has 1 heterocycles. The fraction of sp³-hybridized carbons (Fsp3) is 0.286. The second-order valence-electron chi connectivity index (χ2n) is 4.37. The van der Waals surface area contributed by atoms with E-state index in [1.165, 1.54) is 11.3 Å². The Hall–Kier alpha value is -1.43. The summed E-state index contributed by atoms with van der Waals surface area (Å²) in [6.07, 6.45) is 3.43. The van der Waals surface area contributed by atoms with Crippen molar-refractivity contribution in [3.8, 4) is 0 Å². The Bertz CT molecular complexity index is 585. The quantitative estimate of drug-likeness (QED) is 0.635. The van der Waals surface area contributed by atoms with Crippen LogP contribution in [0.4, 0.5) is 5.13 Å². The van der Waals surface area contributed by atoms with Gasteiger partial charge in [-0.05, 0) is 43.2 Å². The number of anilines is 1. The van der Waals surface area contributed by atoms with Gasteiger partial charge in [-0.1, -0.05) is 18.2 Å². The third-order valence-electron chi connectivity index (χ3n) is 2.82. The molecule has 1 amide bonds. The summed E-state index contributed by atoms with van der Waals surface area (Å²) < 4.78 is 0. The molecule has 0 saturated heterocycles. The zero-order valence-corrected chi connectivity index (χ0v) is 12.7. The van der Waals surface area contributed by atoms with Gasteiger partial charge < -0.3 is 0 Å². The van der Waals surface area contributed by atoms with Gasteiger partial charge in [0.1, 0.15) is 0 Å². The number of aromatic nitrogens is 1. The van der Waals surface area contributed by atoms with Gasteiger partial charge >= 0.3 is 0 Å². The third kappa shape index (κ3) is 4.03. The predicted molar refractivity (Wildman–Crippen MR) is 83.4 cm³/mol. The molecule has 2 aromatic rings. The van der Waals surface area contributed by atoms with Crippen molar-refractivity contribution in [2.45, 2.75) is 19.8 Å². The van der Waals surface area contributed by atoms with Crippen LogP contribution in [-0.2, 0) is 6.42 Å². The van der Waals surface area contributed by atoms with Crippen molar-refractivity contribution < 1.29 is 4.79 Å². The van der Waals surface area contributed by atoms with Gasteiger partial charge in [0.05, 0.1) is 0 Å². The molecule has 1 aromatic carbocycles. The Morgan fingerprint density at radius 2 is 2.20 bits per heavy atom. The van der Waals surface area contributed by atoms with E-state index in [9.17, 15) is 4.79 Å². The molecule has 0 aliphatic rings. The first-order valence-corrected chi connectivity index (χ1v) is 7.55. The number of nitrogens with zero attached hydrogens (tertiary/aromatic N) is 1. The fourth-order valence-corrected chi connectivity index (χ4v) is 2.68. The third-order valence-corrected chi connectivity index (χ3v) is 3.84. The maximum absolute atomic E-state index is 12.3. The Kier molecular flexibility index (Phi) is 5.52. The van der Waals surface area contributed by atoms with E-state index in [4.69, 9.17) is 11.8 Å². The number of benzene rings is 1. The summed E-state index contributed by atoms with van der Waals surface area (Å²) in [7, 11) is 0. The van der Waals surface area contributed by atoms with Gasteiger partial charge in [-0.2, -0.15) is 0 Å². The predicted octanol–water partition coefficient (Wildman–Crippen LogP) is 3.38. The Morgan fingerprint density at radius 3 is 2.90 bits per heavy atom. The molecule has 4 nitrogen and oxygen atoms in total. The van der Waals surface area contributed by atoms with E-state index >= 15 is 0 Å². The van der Waals surface area contributed by atoms with Crippen LogP contribution in [0.5, 0.6) is 0 Å². The number of rotatable bonds is 6. The molecule has 0 radical (unpaired) electrons. The summed E-state index contributed by atoms with van der Waals surface area (Å²) in [5, 5.41) is 3.47. The van der Waals surface area contributed by atoms with Gasteiger partial charge in [0.15, 0.2) is 5.13 Å². The smallest absolute Gasteiger partial charge is 0.257 e. The molecule has 0 saturated carbocycles. The molecule has 6 heteroatoms. The van der Waals surface area contributed by atoms with Crippen molar-refractivity contribution in [2.24, 2.45) is 0 Å². The van der Waals surface area contributed by atoms with Crippen LogP contribution in [0.3, 0.4) is 0 Å². The summed E-state index contributed by atoms with van der Waals surface area (Å²) in [6, 6.07) is 7.61. The number of aryl methyl sites for hydroxylation is 2. The number of hydrogen-bond donors (Lipinski definition) is 2. The lowest BCUT2D eigenvalue weighted by atomic mass is 10.0. The zero-order chi connectivity index (χ0) is 14.4. The highest BCUT2D eigenvalue weighted by atomic mass is 35.5. The standard InChI is InChI=1S/C14H16ClN3OS/c1-10-9-16-14(20-10)18-13(19)12-7-3-2-5-11(12)6-4-8-17-15/h2-3,5,7,9,17H,4,6,8H2,1H3,(H,16,18,19). The highest BCUT2D eigenvalue weighted by molar-refractivity contribution is 7.15. The first-order valence-electron chi connectivity index (χ1n) is 6.36. The van der Waals surface area contributed by atoms with Crippen molar-refractivity contribution in [1.29, 1.82) is 0 Å². The van der Waals surface area contributed by atoms with Gasteiger partial charge in [-0.15, -0.1) is 11.3 Å². The first-order chi connectivity index (χ1) is 9.70. The largest absolute Gasteiger partial charge is 0.298 e. The van der Waals surface area contributed by atoms with Gasteiger partial charge in [0, 0.05) is 23.2 Å². The first kappa shape index (κ1) is 15.0. The van der Waals surface area contributed by atoms with Crippen molar-refractivity contribution in [3.63, 3.8) is 0 Å². The van der Waals surface area contributed by atoms with Gasteiger partial charge in [0.2, 0.25) is 0 Å². The minimum atomic E-state index is -0.117. The number of thiazole rings is 1. The molecule has 2 rings (SSSR count). The van der Waals surface area contributed by atoms with Crippen LogP contribution in [0.1, 0.15) is 27.2 Å². The lowest BCUT2D eigenvalue weighted by Gasteiger charge is -2.08. The second-order valence-corrected chi connectivity index (χ2v) is 5.88. The van der Waals surface area contributed by atoms with Crippen LogP contribution in [0.2, 0.25) is 0 Å². The van der Waals surface area contributed by atoms with Crippen LogP contribution in [0.15, 0.2) is 30.5 Å². The molecule has 0 atom stereocenters. The Labute approximate surface area is 127 Å². The molecule has 0 bridgehead atoms. The van der Waals surface area contributed by atoms with Crippen LogP contribution < -0.4 is 10.2 Å². The van der Waals surface area contributed by atoms with Gasteiger partial charge in [-0.3, -0.25) is 10.1 Å². The van der Waals surface area contributed by atoms with Crippen LogP contribution >= 0.6 is 23.1 Å². The molecule has 0 aliphatic carbocycles. The molecule has 0 spiro atoms. The lowest BCUT2D eigenvalue weighted by molar-refractivity contribution is 0.102. The van der Waals surface area contributed by atoms with Crippen LogP contribution in [0, 0.1) is 6.92 Å². The number of amides is 1. The van der Waals surface area contributed by atoms with Crippen LogP contribution in [-0.4, -0.2) is 17.4 Å². The molecule has 0 fully saturated rings. The van der Waals surface area contributed by atoms with E-state index < -0.39 is 0 Å². The average molecular weight is 310 g/mol. The van der Waals surface area contributed by atoms with E-state index in [0.29, 0.717) is 17.2 Å². The van der Waals surface area contributed by atoms with E-state index in [2.05, 4.69) is 15.1 Å². The SMILES string of the molecule is Cc1cnc(NC(=O)c2ccccc2CCCNCl)s1. The minimum absolute atomic E-state index is 0.117. The normalized spacial score (nSPS) is 10.5. The summed E-state index contributed by atoms with van der Waals surface area (Å²) in [5.74, 6) is -0.117. The van der Waals surface area contributed by atoms with Crippen LogP contribution in [0.25, 0.3) is 0 Å². The average Bonchev–Trinajstić information content (AvgIpc) is 2.85. The van der Waals surface area contributed by atoms with Crippen molar-refractivity contribution in [2.75, 3.05) is 11.9 Å². The summed E-state index contributed by atoms with van der Waals surface area (Å²) >= 11 is 6.91. The fourth-order valence-electron chi connectivity index (χ4n) is 1.88. The van der Waals surface area contributed by atoms with E-state index in [0.717, 1.165) is 23.3 Å². The number of halogens is 1. The molecule has 2 N–H and O–H groups in total. The van der Waals surface area contributed by atoms with Crippen molar-refractivity contribution >= 4 is 34.2 Å². The molecular formula is C14H16ClN3OS. The van der Waals surface area contributed by atoms with Crippen molar-refractivity contribution in [1.82, 2.24) is 9.82 Å². The second kappa shape index (κ2) is 7.38. The summed E-state index contributed by atoms with van der Waals surface area (Å²) in [5.41, 5.74) is 1.71. The Morgan fingerprint density at radius 1 is 1.40 bits per heavy atom. The number of carbonyl (C=O) groups is 1. The topological polar surface area (TPSA) is 54.0 Å². The molecule has 106 valence electrons. The molecule has 20 heavy (non-hydrogen) atoms. The van der Waals surface area contributed by atoms with E-state index in [1.54, 1.807) is 6.20 Å². The summed E-state index contributed by atoms with van der Waals surface area (Å²) in [6.45, 7) is 2.67. The maximum Gasteiger partial charge on any atom is 0.257 e.